The van der Waals surface area contributed by atoms with Gasteiger partial charge in [-0.1, -0.05) is 0 Å². The molecule has 0 atom stereocenters. The van der Waals surface area contributed by atoms with Crippen LogP contribution in [0.15, 0.2) is 11.3 Å². The first-order chi connectivity index (χ1) is 6.93. The molecule has 0 saturated carbocycles. The average Bonchev–Trinajstić information content (AvgIpc) is 2.88. The number of hydrogen-bond donors (Lipinski definition) is 1. The van der Waals surface area contributed by atoms with Crippen LogP contribution in [0.4, 0.5) is 5.82 Å². The Balaban J connectivity index is 1.80. The Bertz CT molecular complexity index is 350. The molecule has 0 aliphatic carbocycles. The van der Waals surface area contributed by atoms with Gasteiger partial charge in [-0.3, -0.25) is 5.01 Å². The highest BCUT2D eigenvalue weighted by atomic mass is 15.6. The monoisotopic (exact) mass is 191 g/mol. The van der Waals surface area contributed by atoms with Crippen LogP contribution < -0.4 is 0 Å². The van der Waals surface area contributed by atoms with E-state index in [2.05, 4.69) is 25.0 Å². The van der Waals surface area contributed by atoms with E-state index in [1.54, 1.807) is 6.33 Å². The Hall–Kier alpha value is -1.36. The Labute approximate surface area is 82.4 Å². The van der Waals surface area contributed by atoms with E-state index in [-0.39, 0.29) is 0 Å². The second-order valence-corrected chi connectivity index (χ2v) is 3.70. The summed E-state index contributed by atoms with van der Waals surface area (Å²) < 4.78 is 0. The Kier molecular flexibility index (Phi) is 1.77. The molecule has 3 rings (SSSR count). The maximum atomic E-state index is 4.32. The van der Waals surface area contributed by atoms with Crippen molar-refractivity contribution in [1.29, 1.82) is 0 Å². The molecule has 1 aromatic heterocycles. The lowest BCUT2D eigenvalue weighted by Gasteiger charge is -2.30. The summed E-state index contributed by atoms with van der Waals surface area (Å²) in [6.45, 7) is 3.14. The number of rotatable bonds is 1. The minimum Gasteiger partial charge on any atom is -0.329 e. The molecule has 0 radical (unpaired) electrons. The van der Waals surface area contributed by atoms with E-state index in [4.69, 9.17) is 0 Å². The molecule has 0 aromatic carbocycles. The molecule has 0 bridgehead atoms. The molecule has 1 aromatic rings. The van der Waals surface area contributed by atoms with Gasteiger partial charge in [0.2, 0.25) is 0 Å². The molecule has 1 N–H and O–H groups in total. The Morgan fingerprint density at radius 1 is 1.29 bits per heavy atom. The van der Waals surface area contributed by atoms with Crippen molar-refractivity contribution in [2.45, 2.75) is 19.4 Å². The third-order valence-corrected chi connectivity index (χ3v) is 2.77. The molecule has 5 nitrogen and oxygen atoms in total. The van der Waals surface area contributed by atoms with E-state index < -0.39 is 0 Å². The predicted octanol–water partition coefficient (Wildman–Crippen LogP) is 0.896. The van der Waals surface area contributed by atoms with Crippen LogP contribution in [0, 0.1) is 0 Å². The van der Waals surface area contributed by atoms with Gasteiger partial charge in [-0.15, -0.1) is 0 Å². The predicted molar refractivity (Wildman–Crippen MR) is 53.1 cm³/mol. The Morgan fingerprint density at radius 3 is 3.00 bits per heavy atom. The van der Waals surface area contributed by atoms with Gasteiger partial charge in [0, 0.05) is 13.1 Å². The fraction of sp³-hybridized carbons (Fsp3) is 0.556. The van der Waals surface area contributed by atoms with Crippen molar-refractivity contribution in [3.63, 3.8) is 0 Å². The van der Waals surface area contributed by atoms with Crippen LogP contribution in [-0.2, 0) is 6.54 Å². The van der Waals surface area contributed by atoms with Gasteiger partial charge in [0.15, 0.2) is 5.82 Å². The van der Waals surface area contributed by atoms with Gasteiger partial charge in [-0.05, 0) is 12.8 Å². The second kappa shape index (κ2) is 3.09. The van der Waals surface area contributed by atoms with Gasteiger partial charge in [0.25, 0.3) is 0 Å². The maximum Gasteiger partial charge on any atom is 0.156 e. The van der Waals surface area contributed by atoms with E-state index in [0.717, 1.165) is 31.1 Å². The fourth-order valence-electron chi connectivity index (χ4n) is 1.99. The quantitative estimate of drug-likeness (QED) is 0.717. The van der Waals surface area contributed by atoms with Crippen molar-refractivity contribution in [2.24, 2.45) is 4.99 Å². The molecular weight excluding hydrogens is 178 g/mol. The number of fused-ring (bicyclic) bond motifs is 1. The van der Waals surface area contributed by atoms with Gasteiger partial charge in [-0.25, -0.2) is 15.0 Å². The maximum absolute atomic E-state index is 4.32. The van der Waals surface area contributed by atoms with E-state index >= 15 is 0 Å². The second-order valence-electron chi connectivity index (χ2n) is 3.70. The summed E-state index contributed by atoms with van der Waals surface area (Å²) in [5.74, 6) is 0.903. The van der Waals surface area contributed by atoms with Crippen LogP contribution in [0.25, 0.3) is 0 Å². The molecule has 0 amide bonds. The van der Waals surface area contributed by atoms with Crippen molar-refractivity contribution in [3.05, 3.63) is 12.0 Å². The first-order valence-electron chi connectivity index (χ1n) is 5.01. The SMILES string of the molecule is C1=Nc2[nH]cnc2CN1N1CCCC1. The normalized spacial score (nSPS) is 21.6. The van der Waals surface area contributed by atoms with Crippen molar-refractivity contribution in [1.82, 2.24) is 20.0 Å². The number of hydrogen-bond acceptors (Lipinski definition) is 4. The van der Waals surface area contributed by atoms with Gasteiger partial charge < -0.3 is 4.98 Å². The lowest BCUT2D eigenvalue weighted by atomic mass is 10.4. The minimum absolute atomic E-state index is 0.850. The number of hydrazine groups is 1. The number of nitrogens with zero attached hydrogens (tertiary/aromatic N) is 4. The summed E-state index contributed by atoms with van der Waals surface area (Å²) >= 11 is 0. The van der Waals surface area contributed by atoms with Crippen molar-refractivity contribution >= 4 is 12.2 Å². The molecule has 2 aliphatic heterocycles. The number of aromatic amines is 1. The highest BCUT2D eigenvalue weighted by molar-refractivity contribution is 5.63. The van der Waals surface area contributed by atoms with E-state index in [1.807, 2.05) is 6.34 Å². The van der Waals surface area contributed by atoms with Gasteiger partial charge in [-0.2, -0.15) is 0 Å². The molecule has 0 spiro atoms. The van der Waals surface area contributed by atoms with Crippen LogP contribution in [-0.4, -0.2) is 39.4 Å². The van der Waals surface area contributed by atoms with E-state index in [0.29, 0.717) is 0 Å². The number of aliphatic imine (C=N–C) groups is 1. The minimum atomic E-state index is 0.850. The first-order valence-corrected chi connectivity index (χ1v) is 5.01. The smallest absolute Gasteiger partial charge is 0.156 e. The highest BCUT2D eigenvalue weighted by Crippen LogP contribution is 2.21. The van der Waals surface area contributed by atoms with Gasteiger partial charge in [0.1, 0.15) is 12.0 Å². The summed E-state index contributed by atoms with van der Waals surface area (Å²) in [5, 5.41) is 4.50. The molecule has 5 heteroatoms. The molecule has 3 heterocycles. The summed E-state index contributed by atoms with van der Waals surface area (Å²) in [5.41, 5.74) is 1.04. The summed E-state index contributed by atoms with van der Waals surface area (Å²) in [4.78, 5) is 11.6. The summed E-state index contributed by atoms with van der Waals surface area (Å²) in [6.07, 6.45) is 6.18. The van der Waals surface area contributed by atoms with Crippen LogP contribution in [0.2, 0.25) is 0 Å². The number of imidazole rings is 1. The van der Waals surface area contributed by atoms with Crippen molar-refractivity contribution in [3.8, 4) is 0 Å². The van der Waals surface area contributed by atoms with Gasteiger partial charge in [0.05, 0.1) is 12.9 Å². The zero-order valence-corrected chi connectivity index (χ0v) is 7.98. The summed E-state index contributed by atoms with van der Waals surface area (Å²) in [7, 11) is 0. The standard InChI is InChI=1S/C9H13N5/c1-2-4-13(3-1)14-5-8-9(12-7-14)11-6-10-8/h6-7H,1-5H2,(H,10,11). The third kappa shape index (κ3) is 1.21. The molecule has 74 valence electrons. The molecule has 2 aliphatic rings. The zero-order valence-electron chi connectivity index (χ0n) is 7.98. The number of nitrogens with one attached hydrogen (secondary N) is 1. The van der Waals surface area contributed by atoms with Gasteiger partial charge >= 0.3 is 0 Å². The van der Waals surface area contributed by atoms with Crippen LogP contribution in [0.3, 0.4) is 0 Å². The molecule has 0 unspecified atom stereocenters. The van der Waals surface area contributed by atoms with Crippen molar-refractivity contribution < 1.29 is 0 Å². The highest BCUT2D eigenvalue weighted by Gasteiger charge is 2.21. The molecule has 1 fully saturated rings. The lowest BCUT2D eigenvalue weighted by Crippen LogP contribution is -2.40. The first kappa shape index (κ1) is 7.99. The van der Waals surface area contributed by atoms with Crippen LogP contribution in [0.5, 0.6) is 0 Å². The van der Waals surface area contributed by atoms with Crippen LogP contribution in [0.1, 0.15) is 18.5 Å². The fourth-order valence-corrected chi connectivity index (χ4v) is 1.99. The van der Waals surface area contributed by atoms with Crippen molar-refractivity contribution in [2.75, 3.05) is 13.1 Å². The van der Waals surface area contributed by atoms with E-state index in [1.165, 1.54) is 12.8 Å². The lowest BCUT2D eigenvalue weighted by molar-refractivity contribution is 0.0698. The number of H-pyrrole nitrogens is 1. The van der Waals surface area contributed by atoms with Crippen LogP contribution >= 0.6 is 0 Å². The Morgan fingerprint density at radius 2 is 2.14 bits per heavy atom. The molecule has 1 saturated heterocycles. The topological polar surface area (TPSA) is 47.5 Å². The number of aromatic nitrogens is 2. The summed E-state index contributed by atoms with van der Waals surface area (Å²) in [6, 6.07) is 0. The largest absolute Gasteiger partial charge is 0.329 e. The third-order valence-electron chi connectivity index (χ3n) is 2.77. The molecular formula is C9H13N5. The van der Waals surface area contributed by atoms with E-state index in [9.17, 15) is 0 Å². The molecule has 14 heavy (non-hydrogen) atoms. The average molecular weight is 191 g/mol. The zero-order chi connectivity index (χ0) is 9.38.